The number of piperidine rings is 1. The van der Waals surface area contributed by atoms with Crippen molar-refractivity contribution in [2.45, 2.75) is 58.3 Å². The highest BCUT2D eigenvalue weighted by molar-refractivity contribution is 5.92. The third-order valence-electron chi connectivity index (χ3n) is 4.69. The summed E-state index contributed by atoms with van der Waals surface area (Å²) in [6.07, 6.45) is 7.80. The van der Waals surface area contributed by atoms with Crippen molar-refractivity contribution in [1.82, 2.24) is 4.90 Å². The van der Waals surface area contributed by atoms with Crippen molar-refractivity contribution in [3.05, 3.63) is 29.8 Å². The van der Waals surface area contributed by atoms with Crippen LogP contribution in [0.3, 0.4) is 0 Å². The van der Waals surface area contributed by atoms with E-state index in [0.29, 0.717) is 11.9 Å². The van der Waals surface area contributed by atoms with E-state index in [4.69, 9.17) is 5.73 Å². The fraction of sp³-hybridized carbons (Fsp3) is 0.650. The lowest BCUT2D eigenvalue weighted by molar-refractivity contribution is 0.224. The Hall–Kier alpha value is -1.55. The summed E-state index contributed by atoms with van der Waals surface area (Å²) in [5.41, 5.74) is 8.33. The fourth-order valence-electron chi connectivity index (χ4n) is 3.17. The molecule has 1 aliphatic rings. The first-order chi connectivity index (χ1) is 11.6. The molecule has 1 aliphatic heterocycles. The van der Waals surface area contributed by atoms with E-state index in [-0.39, 0.29) is 0 Å². The van der Waals surface area contributed by atoms with Crippen LogP contribution in [0.2, 0.25) is 0 Å². The van der Waals surface area contributed by atoms with Gasteiger partial charge in [0.25, 0.3) is 0 Å². The second kappa shape index (κ2) is 10.3. The molecule has 0 atom stereocenters. The number of anilines is 1. The summed E-state index contributed by atoms with van der Waals surface area (Å²) >= 11 is 0. The number of aliphatic imine (C=N–C) groups is 1. The van der Waals surface area contributed by atoms with E-state index in [1.54, 1.807) is 0 Å². The lowest BCUT2D eigenvalue weighted by Crippen LogP contribution is -2.30. The Morgan fingerprint density at radius 1 is 1.17 bits per heavy atom. The van der Waals surface area contributed by atoms with Gasteiger partial charge in [-0.1, -0.05) is 38.8 Å². The molecule has 1 heterocycles. The molecule has 24 heavy (non-hydrogen) atoms. The topological polar surface area (TPSA) is 53.6 Å². The van der Waals surface area contributed by atoms with Gasteiger partial charge in [-0.2, -0.15) is 0 Å². The first-order valence-electron chi connectivity index (χ1n) is 9.54. The minimum atomic E-state index is 0.518. The van der Waals surface area contributed by atoms with Gasteiger partial charge in [0.15, 0.2) is 5.96 Å². The van der Waals surface area contributed by atoms with Crippen molar-refractivity contribution in [2.24, 2.45) is 10.7 Å². The number of hydrogen-bond acceptors (Lipinski definition) is 2. The van der Waals surface area contributed by atoms with Gasteiger partial charge in [0, 0.05) is 12.2 Å². The number of nitrogens with two attached hydrogens (primary N) is 1. The second-order valence-corrected chi connectivity index (χ2v) is 7.14. The molecule has 2 rings (SSSR count). The minimum absolute atomic E-state index is 0.518. The van der Waals surface area contributed by atoms with Gasteiger partial charge in [-0.25, -0.2) is 0 Å². The molecule has 1 aromatic rings. The maximum atomic E-state index is 5.99. The van der Waals surface area contributed by atoms with Gasteiger partial charge < -0.3 is 16.0 Å². The molecule has 0 aromatic heterocycles. The van der Waals surface area contributed by atoms with Gasteiger partial charge >= 0.3 is 0 Å². The summed E-state index contributed by atoms with van der Waals surface area (Å²) in [6.45, 7) is 9.04. The highest BCUT2D eigenvalue weighted by Gasteiger charge is 2.08. The van der Waals surface area contributed by atoms with Crippen molar-refractivity contribution in [3.8, 4) is 0 Å². The number of guanidine groups is 1. The van der Waals surface area contributed by atoms with Crippen LogP contribution in [0.25, 0.3) is 0 Å². The van der Waals surface area contributed by atoms with E-state index >= 15 is 0 Å². The van der Waals surface area contributed by atoms with Crippen LogP contribution >= 0.6 is 0 Å². The molecule has 1 fully saturated rings. The molecule has 0 saturated carbocycles. The maximum Gasteiger partial charge on any atom is 0.193 e. The van der Waals surface area contributed by atoms with Crippen molar-refractivity contribution in [3.63, 3.8) is 0 Å². The Balaban J connectivity index is 1.62. The molecule has 0 unspecified atom stereocenters. The zero-order chi connectivity index (χ0) is 17.2. The predicted octanol–water partition coefficient (Wildman–Crippen LogP) is 4.19. The van der Waals surface area contributed by atoms with Gasteiger partial charge in [0.2, 0.25) is 0 Å². The molecule has 3 N–H and O–H groups in total. The number of unbranched alkanes of at least 4 members (excludes halogenated alkanes) is 2. The maximum absolute atomic E-state index is 5.99. The van der Waals surface area contributed by atoms with Gasteiger partial charge in [0.05, 0.1) is 0 Å². The Bertz CT molecular complexity index is 504. The number of rotatable bonds is 8. The summed E-state index contributed by atoms with van der Waals surface area (Å²) in [5.74, 6) is 1.04. The van der Waals surface area contributed by atoms with E-state index in [2.05, 4.69) is 47.3 Å². The first-order valence-corrected chi connectivity index (χ1v) is 9.54. The highest BCUT2D eigenvalue weighted by atomic mass is 15.1. The Morgan fingerprint density at radius 3 is 2.71 bits per heavy atom. The fourth-order valence-corrected chi connectivity index (χ4v) is 3.17. The van der Waals surface area contributed by atoms with Crippen LogP contribution in [-0.4, -0.2) is 37.0 Å². The van der Waals surface area contributed by atoms with Crippen molar-refractivity contribution < 1.29 is 0 Å². The molecular formula is C20H34N4. The van der Waals surface area contributed by atoms with Crippen LogP contribution in [0, 0.1) is 0 Å². The number of benzene rings is 1. The Morgan fingerprint density at radius 2 is 1.96 bits per heavy atom. The number of likely N-dealkylation sites (tertiary alicyclic amines) is 1. The smallest absolute Gasteiger partial charge is 0.193 e. The van der Waals surface area contributed by atoms with E-state index in [1.807, 2.05) is 6.07 Å². The summed E-state index contributed by atoms with van der Waals surface area (Å²) in [4.78, 5) is 7.05. The molecule has 134 valence electrons. The largest absolute Gasteiger partial charge is 0.370 e. The summed E-state index contributed by atoms with van der Waals surface area (Å²) in [5, 5.41) is 3.20. The minimum Gasteiger partial charge on any atom is -0.370 e. The molecule has 4 heteroatoms. The predicted molar refractivity (Wildman–Crippen MR) is 105 cm³/mol. The molecule has 0 spiro atoms. The third kappa shape index (κ3) is 6.91. The van der Waals surface area contributed by atoms with Crippen LogP contribution in [0.4, 0.5) is 5.69 Å². The summed E-state index contributed by atoms with van der Waals surface area (Å²) in [7, 11) is 0. The van der Waals surface area contributed by atoms with Crippen LogP contribution in [0.1, 0.15) is 63.9 Å². The van der Waals surface area contributed by atoms with E-state index in [1.165, 1.54) is 57.3 Å². The normalized spacial score (nSPS) is 16.5. The average Bonchev–Trinajstić information content (AvgIpc) is 2.59. The second-order valence-electron chi connectivity index (χ2n) is 7.14. The van der Waals surface area contributed by atoms with Crippen LogP contribution < -0.4 is 11.1 Å². The van der Waals surface area contributed by atoms with Crippen molar-refractivity contribution in [1.29, 1.82) is 0 Å². The molecule has 1 aromatic carbocycles. The van der Waals surface area contributed by atoms with E-state index in [9.17, 15) is 0 Å². The SMILES string of the molecule is CC(C)c1cccc(NC(N)=NCCCCCN2CCCCC2)c1. The highest BCUT2D eigenvalue weighted by Crippen LogP contribution is 2.18. The monoisotopic (exact) mass is 330 g/mol. The number of nitrogens with one attached hydrogen (secondary N) is 1. The molecule has 4 nitrogen and oxygen atoms in total. The van der Waals surface area contributed by atoms with Crippen LogP contribution in [-0.2, 0) is 0 Å². The van der Waals surface area contributed by atoms with Gasteiger partial charge in [-0.15, -0.1) is 0 Å². The Labute approximate surface area is 147 Å². The molecular weight excluding hydrogens is 296 g/mol. The quantitative estimate of drug-likeness (QED) is 0.427. The molecule has 0 aliphatic carbocycles. The van der Waals surface area contributed by atoms with Gasteiger partial charge in [-0.05, 0) is 68.9 Å². The van der Waals surface area contributed by atoms with Crippen molar-refractivity contribution >= 4 is 11.6 Å². The third-order valence-corrected chi connectivity index (χ3v) is 4.69. The van der Waals surface area contributed by atoms with Crippen molar-refractivity contribution in [2.75, 3.05) is 31.5 Å². The molecule has 0 amide bonds. The van der Waals surface area contributed by atoms with E-state index < -0.39 is 0 Å². The zero-order valence-corrected chi connectivity index (χ0v) is 15.4. The summed E-state index contributed by atoms with van der Waals surface area (Å²) in [6, 6.07) is 8.38. The Kier molecular flexibility index (Phi) is 8.10. The first kappa shape index (κ1) is 18.8. The lowest BCUT2D eigenvalue weighted by atomic mass is 10.0. The number of hydrogen-bond donors (Lipinski definition) is 2. The molecule has 0 bridgehead atoms. The molecule has 1 saturated heterocycles. The lowest BCUT2D eigenvalue weighted by Gasteiger charge is -2.26. The standard InChI is InChI=1S/C20H34N4/c1-17(2)18-10-9-11-19(16-18)23-20(21)22-12-5-3-6-13-24-14-7-4-8-15-24/h9-11,16-17H,3-8,12-15H2,1-2H3,(H3,21,22,23). The van der Waals surface area contributed by atoms with Gasteiger partial charge in [-0.3, -0.25) is 4.99 Å². The number of nitrogens with zero attached hydrogens (tertiary/aromatic N) is 2. The van der Waals surface area contributed by atoms with Crippen LogP contribution in [0.5, 0.6) is 0 Å². The summed E-state index contributed by atoms with van der Waals surface area (Å²) < 4.78 is 0. The zero-order valence-electron chi connectivity index (χ0n) is 15.4. The van der Waals surface area contributed by atoms with Crippen LogP contribution in [0.15, 0.2) is 29.3 Å². The van der Waals surface area contributed by atoms with Gasteiger partial charge in [0.1, 0.15) is 0 Å². The van der Waals surface area contributed by atoms with E-state index in [0.717, 1.165) is 18.7 Å². The molecule has 0 radical (unpaired) electrons. The average molecular weight is 331 g/mol.